The molecule has 0 radical (unpaired) electrons. The summed E-state index contributed by atoms with van der Waals surface area (Å²) in [6, 6.07) is 12.5. The van der Waals surface area contributed by atoms with E-state index in [9.17, 15) is 4.79 Å². The van der Waals surface area contributed by atoms with Crippen molar-refractivity contribution < 1.29 is 19.0 Å². The van der Waals surface area contributed by atoms with Crippen molar-refractivity contribution in [3.05, 3.63) is 66.2 Å². The minimum atomic E-state index is -0.344. The molecule has 0 aliphatic rings. The van der Waals surface area contributed by atoms with Crippen molar-refractivity contribution in [1.29, 1.82) is 0 Å². The number of hydrogen-bond acceptors (Lipinski definition) is 5. The molecule has 6 nitrogen and oxygen atoms in total. The first kappa shape index (κ1) is 21.0. The van der Waals surface area contributed by atoms with Crippen molar-refractivity contribution in [1.82, 2.24) is 5.43 Å². The molecule has 0 heterocycles. The fraction of sp³-hybridized carbons (Fsp3) is 0.273. The maximum Gasteiger partial charge on any atom is 0.271 e. The molecule has 148 valence electrons. The Balaban J connectivity index is 2.07. The van der Waals surface area contributed by atoms with Gasteiger partial charge in [0.2, 0.25) is 0 Å². The molecule has 1 N–H and O–H groups in total. The van der Waals surface area contributed by atoms with Crippen LogP contribution in [0.1, 0.15) is 36.2 Å². The number of hydrogen-bond donors (Lipinski definition) is 1. The standard InChI is InChI=1S/C22H26N2O4/c1-4-13-27-19-10-8-7-9-18(19)16-23-24-22(25)17-11-12-20(28-14-5-2)21(15-17)26-6-3/h4,7-12,15-16H,1,5-6,13-14H2,2-3H3,(H,24,25)/b23-16+. The minimum absolute atomic E-state index is 0.344. The van der Waals surface area contributed by atoms with E-state index in [1.807, 2.05) is 38.1 Å². The van der Waals surface area contributed by atoms with Crippen LogP contribution in [-0.4, -0.2) is 31.9 Å². The lowest BCUT2D eigenvalue weighted by molar-refractivity contribution is 0.0954. The van der Waals surface area contributed by atoms with Gasteiger partial charge in [0.25, 0.3) is 5.91 Å². The smallest absolute Gasteiger partial charge is 0.271 e. The highest BCUT2D eigenvalue weighted by atomic mass is 16.5. The number of ether oxygens (including phenoxy) is 3. The topological polar surface area (TPSA) is 69.2 Å². The Kier molecular flexibility index (Phi) is 8.59. The number of rotatable bonds is 11. The molecule has 0 aromatic heterocycles. The van der Waals surface area contributed by atoms with E-state index in [0.29, 0.717) is 42.6 Å². The quantitative estimate of drug-likeness (QED) is 0.359. The van der Waals surface area contributed by atoms with Crippen LogP contribution in [0.15, 0.2) is 60.2 Å². The molecule has 6 heteroatoms. The summed E-state index contributed by atoms with van der Waals surface area (Å²) >= 11 is 0. The van der Waals surface area contributed by atoms with Crippen LogP contribution in [0.2, 0.25) is 0 Å². The molecule has 0 spiro atoms. The normalized spacial score (nSPS) is 10.5. The lowest BCUT2D eigenvalue weighted by Gasteiger charge is -2.12. The predicted octanol–water partition coefficient (Wildman–Crippen LogP) is 4.20. The summed E-state index contributed by atoms with van der Waals surface area (Å²) in [7, 11) is 0. The third-order valence-electron chi connectivity index (χ3n) is 3.61. The van der Waals surface area contributed by atoms with Crippen LogP contribution in [0.5, 0.6) is 17.2 Å². The summed E-state index contributed by atoms with van der Waals surface area (Å²) in [5.41, 5.74) is 3.71. The number of amides is 1. The van der Waals surface area contributed by atoms with Crippen LogP contribution >= 0.6 is 0 Å². The molecule has 0 saturated carbocycles. The lowest BCUT2D eigenvalue weighted by atomic mass is 10.2. The first-order chi connectivity index (χ1) is 13.7. The highest BCUT2D eigenvalue weighted by Crippen LogP contribution is 2.28. The van der Waals surface area contributed by atoms with Gasteiger partial charge in [-0.05, 0) is 43.7 Å². The van der Waals surface area contributed by atoms with Gasteiger partial charge in [-0.2, -0.15) is 5.10 Å². The third kappa shape index (κ3) is 6.16. The molecule has 0 bridgehead atoms. The molecule has 28 heavy (non-hydrogen) atoms. The average molecular weight is 382 g/mol. The first-order valence-corrected chi connectivity index (χ1v) is 9.25. The monoisotopic (exact) mass is 382 g/mol. The Labute approximate surface area is 165 Å². The molecule has 0 aliphatic carbocycles. The first-order valence-electron chi connectivity index (χ1n) is 9.25. The fourth-order valence-electron chi connectivity index (χ4n) is 2.34. The van der Waals surface area contributed by atoms with Crippen molar-refractivity contribution in [3.63, 3.8) is 0 Å². The summed E-state index contributed by atoms with van der Waals surface area (Å²) in [4.78, 5) is 12.4. The Morgan fingerprint density at radius 2 is 1.89 bits per heavy atom. The molecule has 1 amide bonds. The van der Waals surface area contributed by atoms with Gasteiger partial charge in [0.05, 0.1) is 19.4 Å². The lowest BCUT2D eigenvalue weighted by Crippen LogP contribution is -2.18. The molecule has 0 aliphatic heterocycles. The summed E-state index contributed by atoms with van der Waals surface area (Å²) in [5.74, 6) is 1.48. The molecule has 0 atom stereocenters. The second-order valence-electron chi connectivity index (χ2n) is 5.78. The summed E-state index contributed by atoms with van der Waals surface area (Å²) in [6.07, 6.45) is 4.10. The van der Waals surface area contributed by atoms with Gasteiger partial charge in [-0.1, -0.05) is 31.7 Å². The van der Waals surface area contributed by atoms with Gasteiger partial charge in [-0.25, -0.2) is 5.43 Å². The highest BCUT2D eigenvalue weighted by molar-refractivity contribution is 5.95. The van der Waals surface area contributed by atoms with Gasteiger partial charge in [0.1, 0.15) is 12.4 Å². The molecular weight excluding hydrogens is 356 g/mol. The van der Waals surface area contributed by atoms with E-state index in [1.165, 1.54) is 0 Å². The van der Waals surface area contributed by atoms with E-state index < -0.39 is 0 Å². The molecule has 2 rings (SSSR count). The SMILES string of the molecule is C=CCOc1ccccc1/C=N/NC(=O)c1ccc(OCCC)c(OCC)c1. The molecular formula is C22H26N2O4. The van der Waals surface area contributed by atoms with Crippen molar-refractivity contribution >= 4 is 12.1 Å². The summed E-state index contributed by atoms with van der Waals surface area (Å²) in [5, 5.41) is 4.03. The number of benzene rings is 2. The van der Waals surface area contributed by atoms with E-state index in [-0.39, 0.29) is 5.91 Å². The van der Waals surface area contributed by atoms with Crippen molar-refractivity contribution in [2.75, 3.05) is 19.8 Å². The number of nitrogens with zero attached hydrogens (tertiary/aromatic N) is 1. The van der Waals surface area contributed by atoms with Gasteiger partial charge < -0.3 is 14.2 Å². The maximum absolute atomic E-state index is 12.4. The van der Waals surface area contributed by atoms with E-state index in [2.05, 4.69) is 17.1 Å². The van der Waals surface area contributed by atoms with Crippen molar-refractivity contribution in [2.24, 2.45) is 5.10 Å². The van der Waals surface area contributed by atoms with Crippen LogP contribution in [-0.2, 0) is 0 Å². The number of nitrogens with one attached hydrogen (secondary N) is 1. The van der Waals surface area contributed by atoms with Gasteiger partial charge >= 0.3 is 0 Å². The van der Waals surface area contributed by atoms with E-state index in [0.717, 1.165) is 12.0 Å². The summed E-state index contributed by atoms with van der Waals surface area (Å²) in [6.45, 7) is 9.00. The Hall–Kier alpha value is -3.28. The maximum atomic E-state index is 12.4. The Morgan fingerprint density at radius 1 is 1.07 bits per heavy atom. The third-order valence-corrected chi connectivity index (χ3v) is 3.61. The van der Waals surface area contributed by atoms with Crippen LogP contribution in [0, 0.1) is 0 Å². The summed E-state index contributed by atoms with van der Waals surface area (Å²) < 4.78 is 16.8. The highest BCUT2D eigenvalue weighted by Gasteiger charge is 2.11. The zero-order valence-corrected chi connectivity index (χ0v) is 16.3. The molecule has 0 saturated heterocycles. The fourth-order valence-corrected chi connectivity index (χ4v) is 2.34. The van der Waals surface area contributed by atoms with Gasteiger partial charge in [0, 0.05) is 11.1 Å². The van der Waals surface area contributed by atoms with Crippen LogP contribution in [0.3, 0.4) is 0 Å². The van der Waals surface area contributed by atoms with Gasteiger partial charge in [-0.15, -0.1) is 0 Å². The van der Waals surface area contributed by atoms with E-state index >= 15 is 0 Å². The largest absolute Gasteiger partial charge is 0.490 e. The van der Waals surface area contributed by atoms with Gasteiger partial charge in [0.15, 0.2) is 11.5 Å². The second-order valence-corrected chi connectivity index (χ2v) is 5.78. The van der Waals surface area contributed by atoms with Crippen molar-refractivity contribution in [3.8, 4) is 17.2 Å². The van der Waals surface area contributed by atoms with Crippen LogP contribution < -0.4 is 19.6 Å². The van der Waals surface area contributed by atoms with E-state index in [1.54, 1.807) is 30.5 Å². The van der Waals surface area contributed by atoms with Crippen molar-refractivity contribution in [2.45, 2.75) is 20.3 Å². The van der Waals surface area contributed by atoms with Gasteiger partial charge in [-0.3, -0.25) is 4.79 Å². The molecule has 2 aromatic rings. The number of carbonyl (C=O) groups is 1. The molecule has 2 aromatic carbocycles. The average Bonchev–Trinajstić information content (AvgIpc) is 2.72. The zero-order chi connectivity index (χ0) is 20.2. The zero-order valence-electron chi connectivity index (χ0n) is 16.3. The van der Waals surface area contributed by atoms with Crippen LogP contribution in [0.25, 0.3) is 0 Å². The van der Waals surface area contributed by atoms with Crippen LogP contribution in [0.4, 0.5) is 0 Å². The Morgan fingerprint density at radius 3 is 2.64 bits per heavy atom. The molecule has 0 fully saturated rings. The number of para-hydroxylation sites is 1. The molecule has 0 unspecified atom stereocenters. The van der Waals surface area contributed by atoms with E-state index in [4.69, 9.17) is 14.2 Å². The predicted molar refractivity (Wildman–Crippen MR) is 111 cm³/mol. The Bertz CT molecular complexity index is 818. The number of carbonyl (C=O) groups excluding carboxylic acids is 1. The number of hydrazone groups is 1. The minimum Gasteiger partial charge on any atom is -0.490 e. The second kappa shape index (κ2) is 11.4.